The molecule has 1 atom stereocenters. The van der Waals surface area contributed by atoms with Gasteiger partial charge in [0.25, 0.3) is 5.91 Å². The summed E-state index contributed by atoms with van der Waals surface area (Å²) in [5.74, 6) is 0.364. The molecule has 0 aromatic heterocycles. The molecule has 0 fully saturated rings. The first-order chi connectivity index (χ1) is 11.0. The molecule has 0 spiro atoms. The van der Waals surface area contributed by atoms with E-state index in [2.05, 4.69) is 0 Å². The minimum atomic E-state index is -0.698. The van der Waals surface area contributed by atoms with Crippen molar-refractivity contribution < 1.29 is 18.7 Å². The van der Waals surface area contributed by atoms with Gasteiger partial charge >= 0.3 is 0 Å². The summed E-state index contributed by atoms with van der Waals surface area (Å²) in [5.41, 5.74) is 1.33. The lowest BCUT2D eigenvalue weighted by Gasteiger charge is -2.22. The fourth-order valence-corrected chi connectivity index (χ4v) is 2.72. The summed E-state index contributed by atoms with van der Waals surface area (Å²) >= 11 is 5.84. The number of para-hydroxylation sites is 1. The van der Waals surface area contributed by atoms with Gasteiger partial charge in [0.05, 0.1) is 18.7 Å². The Hall–Kier alpha value is -2.27. The molecule has 4 nitrogen and oxygen atoms in total. The summed E-state index contributed by atoms with van der Waals surface area (Å²) in [6, 6.07) is 9.68. The quantitative estimate of drug-likeness (QED) is 0.838. The maximum atomic E-state index is 13.4. The summed E-state index contributed by atoms with van der Waals surface area (Å²) in [6.07, 6.45) is -0.698. The van der Waals surface area contributed by atoms with Crippen molar-refractivity contribution in [2.45, 2.75) is 19.6 Å². The van der Waals surface area contributed by atoms with E-state index in [9.17, 15) is 9.18 Å². The molecule has 1 aliphatic heterocycles. The smallest absolute Gasteiger partial charge is 0.268 e. The van der Waals surface area contributed by atoms with Gasteiger partial charge in [-0.05, 0) is 31.2 Å². The minimum Gasteiger partial charge on any atom is -0.493 e. The summed E-state index contributed by atoms with van der Waals surface area (Å²) in [5, 5.41) is -0.0287. The van der Waals surface area contributed by atoms with E-state index in [1.165, 1.54) is 23.1 Å². The van der Waals surface area contributed by atoms with Gasteiger partial charge in [-0.1, -0.05) is 23.7 Å². The lowest BCUT2D eigenvalue weighted by molar-refractivity contribution is -0.124. The topological polar surface area (TPSA) is 38.8 Å². The Labute approximate surface area is 138 Å². The summed E-state index contributed by atoms with van der Waals surface area (Å²) in [6.45, 7) is 1.96. The van der Waals surface area contributed by atoms with Crippen LogP contribution < -0.4 is 14.4 Å². The molecule has 0 bridgehead atoms. The molecule has 0 saturated heterocycles. The van der Waals surface area contributed by atoms with Gasteiger partial charge in [-0.15, -0.1) is 0 Å². The Balaban J connectivity index is 2.06. The molecule has 120 valence electrons. The van der Waals surface area contributed by atoms with Crippen LogP contribution in [0.2, 0.25) is 5.02 Å². The predicted molar refractivity (Wildman–Crippen MR) is 85.7 cm³/mol. The molecule has 0 saturated carbocycles. The van der Waals surface area contributed by atoms with Crippen molar-refractivity contribution in [3.63, 3.8) is 0 Å². The maximum Gasteiger partial charge on any atom is 0.268 e. The van der Waals surface area contributed by atoms with E-state index in [4.69, 9.17) is 21.1 Å². The number of hydrogen-bond acceptors (Lipinski definition) is 3. The van der Waals surface area contributed by atoms with Crippen molar-refractivity contribution in [2.24, 2.45) is 0 Å². The molecule has 1 aliphatic rings. The Morgan fingerprint density at radius 2 is 2.13 bits per heavy atom. The van der Waals surface area contributed by atoms with Crippen LogP contribution in [-0.2, 0) is 11.3 Å². The van der Waals surface area contributed by atoms with E-state index < -0.39 is 11.9 Å². The number of ether oxygens (including phenoxy) is 2. The zero-order chi connectivity index (χ0) is 16.6. The molecule has 0 N–H and O–H groups in total. The SMILES string of the molecule is COc1cccc2c1OC(C)C(=O)N(c1ccc(F)c(Cl)c1)C2. The van der Waals surface area contributed by atoms with Gasteiger partial charge < -0.3 is 14.4 Å². The Kier molecular flexibility index (Phi) is 4.13. The van der Waals surface area contributed by atoms with E-state index in [1.807, 2.05) is 12.1 Å². The number of nitrogens with zero attached hydrogens (tertiary/aromatic N) is 1. The molecule has 23 heavy (non-hydrogen) atoms. The van der Waals surface area contributed by atoms with Crippen molar-refractivity contribution in [2.75, 3.05) is 12.0 Å². The highest BCUT2D eigenvalue weighted by atomic mass is 35.5. The zero-order valence-corrected chi connectivity index (χ0v) is 13.4. The molecule has 2 aromatic carbocycles. The molecule has 1 heterocycles. The van der Waals surface area contributed by atoms with Crippen LogP contribution in [0.1, 0.15) is 12.5 Å². The highest BCUT2D eigenvalue weighted by Crippen LogP contribution is 2.36. The maximum absolute atomic E-state index is 13.4. The molecule has 1 unspecified atom stereocenters. The second kappa shape index (κ2) is 6.08. The third kappa shape index (κ3) is 2.84. The van der Waals surface area contributed by atoms with Crippen LogP contribution in [-0.4, -0.2) is 19.1 Å². The molecular formula is C17H15ClFNO3. The van der Waals surface area contributed by atoms with Crippen molar-refractivity contribution in [1.82, 2.24) is 0 Å². The van der Waals surface area contributed by atoms with Gasteiger partial charge in [-0.25, -0.2) is 4.39 Å². The fraction of sp³-hybridized carbons (Fsp3) is 0.235. The average molecular weight is 336 g/mol. The number of rotatable bonds is 2. The van der Waals surface area contributed by atoms with Crippen molar-refractivity contribution in [3.8, 4) is 11.5 Å². The third-order valence-electron chi connectivity index (χ3n) is 3.73. The van der Waals surface area contributed by atoms with Crippen molar-refractivity contribution in [1.29, 1.82) is 0 Å². The second-order valence-corrected chi connectivity index (χ2v) is 5.64. The van der Waals surface area contributed by atoms with Gasteiger partial charge in [0.1, 0.15) is 5.82 Å². The number of carbonyl (C=O) groups is 1. The average Bonchev–Trinajstić information content (AvgIpc) is 2.67. The Morgan fingerprint density at radius 1 is 1.35 bits per heavy atom. The number of anilines is 1. The van der Waals surface area contributed by atoms with Crippen LogP contribution in [0.25, 0.3) is 0 Å². The number of hydrogen-bond donors (Lipinski definition) is 0. The molecule has 3 rings (SSSR count). The van der Waals surface area contributed by atoms with Crippen molar-refractivity contribution >= 4 is 23.2 Å². The highest BCUT2D eigenvalue weighted by molar-refractivity contribution is 6.31. The largest absolute Gasteiger partial charge is 0.493 e. The van der Waals surface area contributed by atoms with Gasteiger partial charge in [-0.3, -0.25) is 4.79 Å². The number of carbonyl (C=O) groups excluding carboxylic acids is 1. The summed E-state index contributed by atoms with van der Waals surface area (Å²) in [4.78, 5) is 14.2. The number of methoxy groups -OCH3 is 1. The minimum absolute atomic E-state index is 0.0287. The zero-order valence-electron chi connectivity index (χ0n) is 12.7. The van der Waals surface area contributed by atoms with Gasteiger partial charge in [0.15, 0.2) is 17.6 Å². The van der Waals surface area contributed by atoms with Crippen LogP contribution in [0.4, 0.5) is 10.1 Å². The van der Waals surface area contributed by atoms with Gasteiger partial charge in [0.2, 0.25) is 0 Å². The number of fused-ring (bicyclic) bond motifs is 1. The molecule has 1 amide bonds. The highest BCUT2D eigenvalue weighted by Gasteiger charge is 2.30. The molecule has 0 aliphatic carbocycles. The van der Waals surface area contributed by atoms with Gasteiger partial charge in [0, 0.05) is 11.3 Å². The van der Waals surface area contributed by atoms with Crippen LogP contribution in [0.3, 0.4) is 0 Å². The molecule has 0 radical (unpaired) electrons. The van der Waals surface area contributed by atoms with E-state index >= 15 is 0 Å². The number of benzene rings is 2. The standard InChI is InChI=1S/C17H15ClFNO3/c1-10-17(21)20(12-6-7-14(19)13(18)8-12)9-11-4-3-5-15(22-2)16(11)23-10/h3-8,10H,9H2,1-2H3. The Bertz CT molecular complexity index is 765. The fourth-order valence-electron chi connectivity index (χ4n) is 2.55. The number of amides is 1. The van der Waals surface area contributed by atoms with E-state index in [0.29, 0.717) is 17.2 Å². The van der Waals surface area contributed by atoms with Crippen LogP contribution in [0.15, 0.2) is 36.4 Å². The van der Waals surface area contributed by atoms with E-state index in [1.54, 1.807) is 20.1 Å². The molecular weight excluding hydrogens is 321 g/mol. The van der Waals surface area contributed by atoms with Crippen LogP contribution in [0.5, 0.6) is 11.5 Å². The van der Waals surface area contributed by atoms with Crippen LogP contribution >= 0.6 is 11.6 Å². The Morgan fingerprint density at radius 3 is 2.83 bits per heavy atom. The van der Waals surface area contributed by atoms with Gasteiger partial charge in [-0.2, -0.15) is 0 Å². The monoisotopic (exact) mass is 335 g/mol. The van der Waals surface area contributed by atoms with Crippen LogP contribution in [0, 0.1) is 5.82 Å². The molecule has 6 heteroatoms. The normalized spacial score (nSPS) is 17.3. The molecule has 2 aromatic rings. The predicted octanol–water partition coefficient (Wildman–Crippen LogP) is 3.80. The second-order valence-electron chi connectivity index (χ2n) is 5.23. The third-order valence-corrected chi connectivity index (χ3v) is 4.02. The first-order valence-corrected chi connectivity index (χ1v) is 7.48. The van der Waals surface area contributed by atoms with E-state index in [-0.39, 0.29) is 17.5 Å². The number of halogens is 2. The first kappa shape index (κ1) is 15.6. The van der Waals surface area contributed by atoms with Crippen molar-refractivity contribution in [3.05, 3.63) is 52.8 Å². The summed E-state index contributed by atoms with van der Waals surface area (Å²) < 4.78 is 24.5. The lowest BCUT2D eigenvalue weighted by atomic mass is 10.1. The summed E-state index contributed by atoms with van der Waals surface area (Å²) in [7, 11) is 1.55. The lowest BCUT2D eigenvalue weighted by Crippen LogP contribution is -2.38. The van der Waals surface area contributed by atoms with E-state index in [0.717, 1.165) is 5.56 Å². The first-order valence-electron chi connectivity index (χ1n) is 7.10.